The van der Waals surface area contributed by atoms with E-state index >= 15 is 0 Å². The van der Waals surface area contributed by atoms with Crippen LogP contribution in [0.3, 0.4) is 0 Å². The van der Waals surface area contributed by atoms with E-state index in [1.807, 2.05) is 0 Å². The molecule has 1 rings (SSSR count). The normalized spacial score (nSPS) is 11.8. The maximum Gasteiger partial charge on any atom is 0.574 e. The first-order valence-electron chi connectivity index (χ1n) is 4.48. The highest BCUT2D eigenvalue weighted by molar-refractivity contribution is 9.08. The Bertz CT molecular complexity index is 494. The third-order valence-corrected chi connectivity index (χ3v) is 2.72. The molecular formula is C9H4BrClF5NO2. The first kappa shape index (κ1) is 16.1. The van der Waals surface area contributed by atoms with Crippen LogP contribution in [0.5, 0.6) is 5.88 Å². The molecule has 0 radical (unpaired) electrons. The number of halogens is 7. The van der Waals surface area contributed by atoms with E-state index in [1.165, 1.54) is 0 Å². The lowest BCUT2D eigenvalue weighted by Crippen LogP contribution is -2.20. The summed E-state index contributed by atoms with van der Waals surface area (Å²) in [6.45, 7) is 0. The minimum atomic E-state index is -5.21. The fraction of sp³-hybridized carbons (Fsp3) is 0.333. The summed E-state index contributed by atoms with van der Waals surface area (Å²) in [5.41, 5.74) is -2.10. The first-order valence-corrected chi connectivity index (χ1v) is 5.98. The van der Waals surface area contributed by atoms with Crippen molar-refractivity contribution in [3.63, 3.8) is 0 Å². The maximum absolute atomic E-state index is 12.8. The van der Waals surface area contributed by atoms with Crippen LogP contribution in [0.1, 0.15) is 27.9 Å². The van der Waals surface area contributed by atoms with Crippen molar-refractivity contribution in [2.24, 2.45) is 0 Å². The van der Waals surface area contributed by atoms with E-state index in [0.29, 0.717) is 0 Å². The standard InChI is InChI=1S/C9H4BrClF5NO2/c10-1-3-2-17-8(19-9(14,15)16)5(7(12)13)4(3)6(11)18/h2,7H,1H2. The number of rotatable bonds is 4. The van der Waals surface area contributed by atoms with Crippen LogP contribution in [0.2, 0.25) is 0 Å². The summed E-state index contributed by atoms with van der Waals surface area (Å²) in [6.07, 6.45) is -7.81. The second-order valence-electron chi connectivity index (χ2n) is 3.13. The van der Waals surface area contributed by atoms with Crippen LogP contribution in [-0.4, -0.2) is 16.6 Å². The van der Waals surface area contributed by atoms with Gasteiger partial charge in [-0.25, -0.2) is 13.8 Å². The maximum atomic E-state index is 12.8. The van der Waals surface area contributed by atoms with E-state index in [-0.39, 0.29) is 10.9 Å². The lowest BCUT2D eigenvalue weighted by Gasteiger charge is -2.15. The van der Waals surface area contributed by atoms with Gasteiger partial charge in [0.25, 0.3) is 11.7 Å². The molecule has 0 spiro atoms. The van der Waals surface area contributed by atoms with Crippen LogP contribution < -0.4 is 4.74 Å². The predicted octanol–water partition coefficient (Wildman–Crippen LogP) is 4.19. The summed E-state index contributed by atoms with van der Waals surface area (Å²) in [7, 11) is 0. The fourth-order valence-electron chi connectivity index (χ4n) is 1.28. The molecule has 10 heteroatoms. The Morgan fingerprint density at radius 2 is 2.05 bits per heavy atom. The number of alkyl halides is 6. The molecule has 3 nitrogen and oxygen atoms in total. The van der Waals surface area contributed by atoms with E-state index in [9.17, 15) is 26.7 Å². The molecule has 1 heterocycles. The van der Waals surface area contributed by atoms with Gasteiger partial charge in [0.15, 0.2) is 0 Å². The molecule has 1 aromatic heterocycles. The van der Waals surface area contributed by atoms with Crippen LogP contribution in [-0.2, 0) is 5.33 Å². The number of nitrogens with zero attached hydrogens (tertiary/aromatic N) is 1. The molecule has 19 heavy (non-hydrogen) atoms. The van der Waals surface area contributed by atoms with Gasteiger partial charge in [-0.15, -0.1) is 13.2 Å². The number of carbonyl (C=O) groups is 1. The quantitative estimate of drug-likeness (QED) is 0.454. The van der Waals surface area contributed by atoms with Gasteiger partial charge in [-0.05, 0) is 17.2 Å². The van der Waals surface area contributed by atoms with Crippen molar-refractivity contribution >= 4 is 32.8 Å². The molecule has 0 amide bonds. The molecule has 0 atom stereocenters. The molecule has 0 aliphatic rings. The molecule has 0 N–H and O–H groups in total. The van der Waals surface area contributed by atoms with E-state index < -0.39 is 35.0 Å². The summed E-state index contributed by atoms with van der Waals surface area (Å²) in [5, 5.41) is -1.40. The predicted molar refractivity (Wildman–Crippen MR) is 58.7 cm³/mol. The van der Waals surface area contributed by atoms with Crippen molar-refractivity contribution in [1.82, 2.24) is 4.98 Å². The number of ether oxygens (including phenoxy) is 1. The first-order chi connectivity index (χ1) is 8.67. The Labute approximate surface area is 116 Å². The molecule has 106 valence electrons. The summed E-state index contributed by atoms with van der Waals surface area (Å²) in [5.74, 6) is -1.39. The highest BCUT2D eigenvalue weighted by atomic mass is 79.9. The lowest BCUT2D eigenvalue weighted by atomic mass is 10.1. The van der Waals surface area contributed by atoms with Crippen LogP contribution in [0.4, 0.5) is 22.0 Å². The van der Waals surface area contributed by atoms with E-state index in [2.05, 4.69) is 25.7 Å². The molecule has 0 unspecified atom stereocenters. The average molecular weight is 368 g/mol. The molecule has 0 bridgehead atoms. The second-order valence-corrected chi connectivity index (χ2v) is 4.04. The summed E-state index contributed by atoms with van der Waals surface area (Å²) in [6, 6.07) is 0. The molecule has 0 saturated carbocycles. The van der Waals surface area contributed by atoms with Crippen molar-refractivity contribution in [3.8, 4) is 5.88 Å². The minimum absolute atomic E-state index is 0.0650. The van der Waals surface area contributed by atoms with Gasteiger partial charge in [0, 0.05) is 11.5 Å². The molecule has 0 saturated heterocycles. The SMILES string of the molecule is O=C(Cl)c1c(CBr)cnc(OC(F)(F)F)c1C(F)F. The third kappa shape index (κ3) is 4.00. The van der Waals surface area contributed by atoms with Crippen molar-refractivity contribution in [3.05, 3.63) is 22.9 Å². The number of hydrogen-bond donors (Lipinski definition) is 0. The average Bonchev–Trinajstić information content (AvgIpc) is 2.25. The lowest BCUT2D eigenvalue weighted by molar-refractivity contribution is -0.276. The summed E-state index contributed by atoms with van der Waals surface area (Å²) < 4.78 is 65.2. The zero-order chi connectivity index (χ0) is 14.8. The molecule has 1 aromatic rings. The second kappa shape index (κ2) is 6.00. The van der Waals surface area contributed by atoms with E-state index in [1.54, 1.807) is 0 Å². The zero-order valence-corrected chi connectivity index (χ0v) is 11.1. The smallest absolute Gasteiger partial charge is 0.387 e. The Hall–Kier alpha value is -0.960. The molecule has 0 fully saturated rings. The number of pyridine rings is 1. The fourth-order valence-corrected chi connectivity index (χ4v) is 1.93. The number of carbonyl (C=O) groups excluding carboxylic acids is 1. The highest BCUT2D eigenvalue weighted by Gasteiger charge is 2.36. The van der Waals surface area contributed by atoms with Crippen molar-refractivity contribution < 1.29 is 31.5 Å². The van der Waals surface area contributed by atoms with Crippen LogP contribution in [0.15, 0.2) is 6.20 Å². The monoisotopic (exact) mass is 367 g/mol. The number of aromatic nitrogens is 1. The van der Waals surface area contributed by atoms with E-state index in [0.717, 1.165) is 6.20 Å². The van der Waals surface area contributed by atoms with Crippen LogP contribution >= 0.6 is 27.5 Å². The third-order valence-electron chi connectivity index (χ3n) is 1.93. The Kier molecular flexibility index (Phi) is 5.08. The van der Waals surface area contributed by atoms with Crippen molar-refractivity contribution in [2.45, 2.75) is 18.1 Å². The molecule has 0 aromatic carbocycles. The molecule has 0 aliphatic heterocycles. The van der Waals surface area contributed by atoms with Gasteiger partial charge in [0.2, 0.25) is 5.88 Å². The zero-order valence-electron chi connectivity index (χ0n) is 8.77. The van der Waals surface area contributed by atoms with Crippen LogP contribution in [0, 0.1) is 0 Å². The highest BCUT2D eigenvalue weighted by Crippen LogP contribution is 2.36. The Morgan fingerprint density at radius 3 is 2.42 bits per heavy atom. The van der Waals surface area contributed by atoms with Crippen LogP contribution in [0.25, 0.3) is 0 Å². The van der Waals surface area contributed by atoms with Gasteiger partial charge >= 0.3 is 6.36 Å². The van der Waals surface area contributed by atoms with Gasteiger partial charge in [0.05, 0.1) is 11.1 Å². The largest absolute Gasteiger partial charge is 0.574 e. The van der Waals surface area contributed by atoms with Crippen molar-refractivity contribution in [1.29, 1.82) is 0 Å². The van der Waals surface area contributed by atoms with Gasteiger partial charge < -0.3 is 4.74 Å². The molecular weight excluding hydrogens is 364 g/mol. The topological polar surface area (TPSA) is 39.2 Å². The number of hydrogen-bond acceptors (Lipinski definition) is 3. The van der Waals surface area contributed by atoms with Crippen molar-refractivity contribution in [2.75, 3.05) is 0 Å². The van der Waals surface area contributed by atoms with Gasteiger partial charge in [-0.2, -0.15) is 0 Å². The minimum Gasteiger partial charge on any atom is -0.387 e. The Balaban J connectivity index is 3.49. The van der Waals surface area contributed by atoms with Gasteiger partial charge in [-0.1, -0.05) is 15.9 Å². The summed E-state index contributed by atoms with van der Waals surface area (Å²) in [4.78, 5) is 14.3. The molecule has 0 aliphatic carbocycles. The van der Waals surface area contributed by atoms with E-state index in [4.69, 9.17) is 11.6 Å². The van der Waals surface area contributed by atoms with Gasteiger partial charge in [-0.3, -0.25) is 4.79 Å². The Morgan fingerprint density at radius 1 is 1.47 bits per heavy atom. The van der Waals surface area contributed by atoms with Gasteiger partial charge in [0.1, 0.15) is 0 Å². The summed E-state index contributed by atoms with van der Waals surface area (Å²) >= 11 is 8.01.